The number of fused-ring (bicyclic) bond motifs is 1. The van der Waals surface area contributed by atoms with Crippen molar-refractivity contribution >= 4 is 16.9 Å². The molecule has 1 N–H and O–H groups in total. The molecule has 0 saturated heterocycles. The van der Waals surface area contributed by atoms with Crippen LogP contribution in [0.5, 0.6) is 5.75 Å². The molecule has 0 bridgehead atoms. The van der Waals surface area contributed by atoms with Crippen molar-refractivity contribution in [3.05, 3.63) is 101 Å². The van der Waals surface area contributed by atoms with Gasteiger partial charge < -0.3 is 14.4 Å². The molecule has 174 valence electrons. The number of ether oxygens (including phenoxy) is 1. The third kappa shape index (κ3) is 5.34. The second-order valence-corrected chi connectivity index (χ2v) is 8.47. The highest BCUT2D eigenvalue weighted by atomic mass is 16.5. The van der Waals surface area contributed by atoms with Gasteiger partial charge in [-0.1, -0.05) is 36.4 Å². The summed E-state index contributed by atoms with van der Waals surface area (Å²) in [6.07, 6.45) is 9.57. The molecule has 0 aliphatic heterocycles. The van der Waals surface area contributed by atoms with Gasteiger partial charge in [-0.2, -0.15) is 0 Å². The fourth-order valence-electron chi connectivity index (χ4n) is 4.18. The van der Waals surface area contributed by atoms with Crippen LogP contribution in [0.15, 0.2) is 73.2 Å². The van der Waals surface area contributed by atoms with Crippen LogP contribution in [-0.2, 0) is 17.9 Å². The van der Waals surface area contributed by atoms with Crippen LogP contribution >= 0.6 is 0 Å². The molecule has 4 aromatic rings. The zero-order chi connectivity index (χ0) is 24.1. The lowest BCUT2D eigenvalue weighted by Gasteiger charge is -2.14. The predicted molar refractivity (Wildman–Crippen MR) is 133 cm³/mol. The molecule has 4 rings (SSSR count). The number of hydrogen-bond acceptors (Lipinski definition) is 4. The Kier molecular flexibility index (Phi) is 7.07. The summed E-state index contributed by atoms with van der Waals surface area (Å²) in [5.74, 6) is -0.205. The van der Waals surface area contributed by atoms with Gasteiger partial charge in [-0.25, -0.2) is 0 Å². The van der Waals surface area contributed by atoms with Gasteiger partial charge in [0.15, 0.2) is 0 Å². The molecular weight excluding hydrogens is 426 g/mol. The zero-order valence-electron chi connectivity index (χ0n) is 19.7. The first-order valence-corrected chi connectivity index (χ1v) is 11.4. The van der Waals surface area contributed by atoms with E-state index in [-0.39, 0.29) is 12.3 Å². The Morgan fingerprint density at radius 2 is 1.88 bits per heavy atom. The van der Waals surface area contributed by atoms with E-state index < -0.39 is 5.97 Å². The molecule has 0 aliphatic rings. The maximum Gasteiger partial charge on any atom is 0.304 e. The number of aliphatic carboxylic acids is 1. The smallest absolute Gasteiger partial charge is 0.304 e. The van der Waals surface area contributed by atoms with E-state index in [1.165, 1.54) is 16.5 Å². The minimum absolute atomic E-state index is 0.0670. The van der Waals surface area contributed by atoms with Crippen molar-refractivity contribution in [1.82, 2.24) is 14.5 Å². The number of allylic oxidation sites excluding steroid dienone is 2. The highest BCUT2D eigenvalue weighted by Gasteiger charge is 2.13. The standard InChI is InChI=1S/C28H29N3O3/c1-4-5-23(14-27(32)33)21-8-10-26(11-9-21)34-18-24-7-6-22-12-13-31(28(22)20(24)3)17-25-16-29-19(2)15-30-25/h4-13,15-16,23H,14,17-18H2,1-3H3,(H,32,33)/t23-/m1/s1. The minimum Gasteiger partial charge on any atom is -0.489 e. The Morgan fingerprint density at radius 1 is 1.09 bits per heavy atom. The average Bonchev–Trinajstić information content (AvgIpc) is 3.23. The van der Waals surface area contributed by atoms with Crippen molar-refractivity contribution < 1.29 is 14.6 Å². The van der Waals surface area contributed by atoms with E-state index in [1.807, 2.05) is 56.5 Å². The predicted octanol–water partition coefficient (Wildman–Crippen LogP) is 5.81. The number of aromatic nitrogens is 3. The van der Waals surface area contributed by atoms with Crippen LogP contribution in [0.1, 0.15) is 47.3 Å². The Labute approximate surface area is 199 Å². The molecule has 0 amide bonds. The molecule has 0 unspecified atom stereocenters. The fourth-order valence-corrected chi connectivity index (χ4v) is 4.18. The normalized spacial score (nSPS) is 12.3. The first-order chi connectivity index (χ1) is 16.4. The van der Waals surface area contributed by atoms with E-state index in [1.54, 1.807) is 6.20 Å². The molecule has 2 aromatic carbocycles. The molecule has 0 fully saturated rings. The third-order valence-electron chi connectivity index (χ3n) is 5.98. The van der Waals surface area contributed by atoms with Crippen LogP contribution < -0.4 is 4.74 Å². The first-order valence-electron chi connectivity index (χ1n) is 11.4. The quantitative estimate of drug-likeness (QED) is 0.322. The van der Waals surface area contributed by atoms with E-state index in [2.05, 4.69) is 45.9 Å². The second kappa shape index (κ2) is 10.3. The molecule has 6 heteroatoms. The van der Waals surface area contributed by atoms with E-state index in [0.717, 1.165) is 28.3 Å². The van der Waals surface area contributed by atoms with Gasteiger partial charge >= 0.3 is 5.97 Å². The topological polar surface area (TPSA) is 77.2 Å². The number of rotatable bonds is 9. The molecule has 0 saturated carbocycles. The van der Waals surface area contributed by atoms with Gasteiger partial charge in [0.25, 0.3) is 0 Å². The van der Waals surface area contributed by atoms with Gasteiger partial charge in [0.2, 0.25) is 0 Å². The van der Waals surface area contributed by atoms with Crippen LogP contribution in [0.2, 0.25) is 0 Å². The van der Waals surface area contributed by atoms with Gasteiger partial charge in [-0.15, -0.1) is 0 Å². The van der Waals surface area contributed by atoms with Crippen molar-refractivity contribution in [2.75, 3.05) is 0 Å². The Balaban J connectivity index is 1.49. The van der Waals surface area contributed by atoms with Gasteiger partial charge in [-0.3, -0.25) is 14.8 Å². The lowest BCUT2D eigenvalue weighted by Crippen LogP contribution is -2.05. The lowest BCUT2D eigenvalue weighted by atomic mass is 9.95. The molecule has 0 radical (unpaired) electrons. The Bertz CT molecular complexity index is 1310. The van der Waals surface area contributed by atoms with Crippen LogP contribution in [-0.4, -0.2) is 25.6 Å². The van der Waals surface area contributed by atoms with Crippen molar-refractivity contribution in [3.63, 3.8) is 0 Å². The summed E-state index contributed by atoms with van der Waals surface area (Å²) in [7, 11) is 0. The molecular formula is C28H29N3O3. The molecule has 6 nitrogen and oxygen atoms in total. The maximum absolute atomic E-state index is 11.2. The number of carbonyl (C=O) groups is 1. The average molecular weight is 456 g/mol. The molecule has 1 atom stereocenters. The number of nitrogens with zero attached hydrogens (tertiary/aromatic N) is 3. The largest absolute Gasteiger partial charge is 0.489 e. The summed E-state index contributed by atoms with van der Waals surface area (Å²) in [5.41, 5.74) is 6.24. The van der Waals surface area contributed by atoms with Gasteiger partial charge in [0.1, 0.15) is 12.4 Å². The highest BCUT2D eigenvalue weighted by molar-refractivity contribution is 5.84. The van der Waals surface area contributed by atoms with E-state index in [4.69, 9.17) is 9.84 Å². The monoisotopic (exact) mass is 455 g/mol. The van der Waals surface area contributed by atoms with Gasteiger partial charge in [-0.05, 0) is 61.0 Å². The van der Waals surface area contributed by atoms with Crippen molar-refractivity contribution in [3.8, 4) is 5.75 Å². The summed E-state index contributed by atoms with van der Waals surface area (Å²) in [6.45, 7) is 7.06. The van der Waals surface area contributed by atoms with Gasteiger partial charge in [0, 0.05) is 18.3 Å². The van der Waals surface area contributed by atoms with E-state index in [9.17, 15) is 4.79 Å². The van der Waals surface area contributed by atoms with Crippen LogP contribution in [0.25, 0.3) is 10.9 Å². The highest BCUT2D eigenvalue weighted by Crippen LogP contribution is 2.27. The fraction of sp³-hybridized carbons (Fsp3) is 0.250. The summed E-state index contributed by atoms with van der Waals surface area (Å²) in [5, 5.41) is 10.3. The van der Waals surface area contributed by atoms with Crippen molar-refractivity contribution in [2.24, 2.45) is 0 Å². The summed E-state index contributed by atoms with van der Waals surface area (Å²) in [6, 6.07) is 14.0. The number of aryl methyl sites for hydroxylation is 2. The molecule has 0 aliphatic carbocycles. The number of hydrogen-bond donors (Lipinski definition) is 1. The minimum atomic E-state index is -0.812. The van der Waals surface area contributed by atoms with Crippen LogP contribution in [0, 0.1) is 13.8 Å². The van der Waals surface area contributed by atoms with E-state index in [0.29, 0.717) is 13.2 Å². The number of carboxylic acid groups (broad SMARTS) is 1. The zero-order valence-corrected chi connectivity index (χ0v) is 19.7. The number of carboxylic acids is 1. The molecule has 0 spiro atoms. The first kappa shape index (κ1) is 23.2. The third-order valence-corrected chi connectivity index (χ3v) is 5.98. The molecule has 2 heterocycles. The van der Waals surface area contributed by atoms with Crippen molar-refractivity contribution in [2.45, 2.75) is 46.3 Å². The molecule has 34 heavy (non-hydrogen) atoms. The number of benzene rings is 2. The summed E-state index contributed by atoms with van der Waals surface area (Å²) >= 11 is 0. The maximum atomic E-state index is 11.2. The van der Waals surface area contributed by atoms with E-state index >= 15 is 0 Å². The van der Waals surface area contributed by atoms with Crippen LogP contribution in [0.3, 0.4) is 0 Å². The lowest BCUT2D eigenvalue weighted by molar-refractivity contribution is -0.137. The van der Waals surface area contributed by atoms with Crippen molar-refractivity contribution in [1.29, 1.82) is 0 Å². The van der Waals surface area contributed by atoms with Crippen LogP contribution in [0.4, 0.5) is 0 Å². The summed E-state index contributed by atoms with van der Waals surface area (Å²) < 4.78 is 8.28. The SMILES string of the molecule is CC=C[C@H](CC(=O)O)c1ccc(OCc2ccc3ccn(Cc4cnc(C)cn4)c3c2C)cc1. The Morgan fingerprint density at radius 3 is 2.56 bits per heavy atom. The second-order valence-electron chi connectivity index (χ2n) is 8.47. The Hall–Kier alpha value is -3.93. The van der Waals surface area contributed by atoms with Gasteiger partial charge in [0.05, 0.1) is 36.1 Å². The molecule has 2 aromatic heterocycles. The summed E-state index contributed by atoms with van der Waals surface area (Å²) in [4.78, 5) is 20.0.